The molecule has 0 saturated carbocycles. The summed E-state index contributed by atoms with van der Waals surface area (Å²) in [5, 5.41) is 6.39. The monoisotopic (exact) mass is 353 g/mol. The first-order valence-corrected chi connectivity index (χ1v) is 7.90. The van der Waals surface area contributed by atoms with Gasteiger partial charge in [0.2, 0.25) is 5.91 Å². The van der Waals surface area contributed by atoms with Gasteiger partial charge in [-0.2, -0.15) is 0 Å². The quantitative estimate of drug-likeness (QED) is 0.854. The van der Waals surface area contributed by atoms with Crippen LogP contribution in [0.15, 0.2) is 5.38 Å². The van der Waals surface area contributed by atoms with E-state index in [9.17, 15) is 4.79 Å². The highest BCUT2D eigenvalue weighted by molar-refractivity contribution is 7.09. The maximum absolute atomic E-state index is 12.1. The van der Waals surface area contributed by atoms with Gasteiger partial charge in [-0.15, -0.1) is 36.2 Å². The first-order valence-electron chi connectivity index (χ1n) is 7.02. The summed E-state index contributed by atoms with van der Waals surface area (Å²) < 4.78 is 0. The minimum atomic E-state index is 0. The Morgan fingerprint density at radius 2 is 2.29 bits per heavy atom. The van der Waals surface area contributed by atoms with Gasteiger partial charge in [-0.25, -0.2) is 4.98 Å². The average molecular weight is 354 g/mol. The van der Waals surface area contributed by atoms with Crippen LogP contribution in [0.25, 0.3) is 0 Å². The number of carbonyl (C=O) groups excluding carboxylic acids is 1. The fourth-order valence-electron chi connectivity index (χ4n) is 2.62. The molecule has 7 heteroatoms. The van der Waals surface area contributed by atoms with Gasteiger partial charge in [-0.1, -0.05) is 0 Å². The predicted octanol–water partition coefficient (Wildman–Crippen LogP) is 2.69. The molecule has 0 bridgehead atoms. The van der Waals surface area contributed by atoms with E-state index in [4.69, 9.17) is 0 Å². The van der Waals surface area contributed by atoms with Gasteiger partial charge in [0.15, 0.2) is 0 Å². The van der Waals surface area contributed by atoms with Gasteiger partial charge in [0.1, 0.15) is 0 Å². The Kier molecular flexibility index (Phi) is 10.2. The fourth-order valence-corrected chi connectivity index (χ4v) is 3.26. The van der Waals surface area contributed by atoms with E-state index in [1.54, 1.807) is 11.3 Å². The van der Waals surface area contributed by atoms with Crippen molar-refractivity contribution < 1.29 is 4.79 Å². The Bertz CT molecular complexity index is 428. The average Bonchev–Trinajstić information content (AvgIpc) is 2.99. The number of nitrogens with one attached hydrogen (secondary N) is 1. The third kappa shape index (κ3) is 6.51. The van der Waals surface area contributed by atoms with Crippen LogP contribution in [0, 0.1) is 12.8 Å². The molecule has 4 nitrogen and oxygen atoms in total. The number of hydrogen-bond donors (Lipinski definition) is 1. The van der Waals surface area contributed by atoms with E-state index in [2.05, 4.69) is 15.7 Å². The molecule has 1 amide bonds. The number of aromatic nitrogens is 1. The largest absolute Gasteiger partial charge is 0.342 e. The van der Waals surface area contributed by atoms with Gasteiger partial charge in [-0.3, -0.25) is 4.79 Å². The zero-order valence-electron chi connectivity index (χ0n) is 12.6. The SMILES string of the molecule is CNCC1CCN(C(=O)CCCc2csc(C)n2)C1.Cl.Cl. The van der Waals surface area contributed by atoms with Crippen LogP contribution in [0.5, 0.6) is 0 Å². The summed E-state index contributed by atoms with van der Waals surface area (Å²) in [6.07, 6.45) is 3.62. The number of carbonyl (C=O) groups is 1. The van der Waals surface area contributed by atoms with Crippen molar-refractivity contribution in [1.29, 1.82) is 0 Å². The van der Waals surface area contributed by atoms with Crippen LogP contribution >= 0.6 is 36.2 Å². The molecule has 0 aromatic carbocycles. The van der Waals surface area contributed by atoms with Gasteiger partial charge in [0.25, 0.3) is 0 Å². The van der Waals surface area contributed by atoms with E-state index in [-0.39, 0.29) is 24.8 Å². The van der Waals surface area contributed by atoms with Crippen LogP contribution in [0.1, 0.15) is 30.0 Å². The molecule has 1 aliphatic rings. The molecule has 122 valence electrons. The number of thiazole rings is 1. The highest BCUT2D eigenvalue weighted by Gasteiger charge is 2.25. The molecule has 0 radical (unpaired) electrons. The fraction of sp³-hybridized carbons (Fsp3) is 0.714. The molecule has 1 fully saturated rings. The lowest BCUT2D eigenvalue weighted by Gasteiger charge is -2.16. The highest BCUT2D eigenvalue weighted by Crippen LogP contribution is 2.17. The summed E-state index contributed by atoms with van der Waals surface area (Å²) in [7, 11) is 1.97. The molecule has 1 unspecified atom stereocenters. The van der Waals surface area contributed by atoms with E-state index in [0.717, 1.165) is 49.6 Å². The summed E-state index contributed by atoms with van der Waals surface area (Å²) in [4.78, 5) is 18.5. The first-order chi connectivity index (χ1) is 9.19. The third-order valence-corrected chi connectivity index (χ3v) is 4.44. The van der Waals surface area contributed by atoms with Crippen molar-refractivity contribution in [2.75, 3.05) is 26.7 Å². The number of hydrogen-bond acceptors (Lipinski definition) is 4. The van der Waals surface area contributed by atoms with Crippen molar-refractivity contribution in [3.63, 3.8) is 0 Å². The molecule has 1 N–H and O–H groups in total. The standard InChI is InChI=1S/C14H23N3OS.2ClH/c1-11-16-13(10-19-11)4-3-5-14(18)17-7-6-12(9-17)8-15-2;;/h10,12,15H,3-9H2,1-2H3;2*1H. The van der Waals surface area contributed by atoms with Crippen LogP contribution < -0.4 is 5.32 Å². The molecular formula is C14H25Cl2N3OS. The summed E-state index contributed by atoms with van der Waals surface area (Å²) in [5.74, 6) is 0.945. The van der Waals surface area contributed by atoms with Crippen molar-refractivity contribution in [2.24, 2.45) is 5.92 Å². The van der Waals surface area contributed by atoms with Gasteiger partial charge < -0.3 is 10.2 Å². The zero-order chi connectivity index (χ0) is 13.7. The van der Waals surface area contributed by atoms with Gasteiger partial charge in [0.05, 0.1) is 10.7 Å². The van der Waals surface area contributed by atoms with Crippen LogP contribution in [0.3, 0.4) is 0 Å². The smallest absolute Gasteiger partial charge is 0.222 e. The van der Waals surface area contributed by atoms with Crippen LogP contribution in [-0.4, -0.2) is 42.5 Å². The number of halogens is 2. The molecule has 0 aliphatic carbocycles. The van der Waals surface area contributed by atoms with Crippen molar-refractivity contribution >= 4 is 42.1 Å². The summed E-state index contributed by atoms with van der Waals surface area (Å²) in [5.41, 5.74) is 1.13. The lowest BCUT2D eigenvalue weighted by molar-refractivity contribution is -0.130. The maximum Gasteiger partial charge on any atom is 0.222 e. The number of nitrogens with zero attached hydrogens (tertiary/aromatic N) is 2. The lowest BCUT2D eigenvalue weighted by Crippen LogP contribution is -2.30. The molecule has 21 heavy (non-hydrogen) atoms. The third-order valence-electron chi connectivity index (χ3n) is 3.62. The second-order valence-corrected chi connectivity index (χ2v) is 6.33. The van der Waals surface area contributed by atoms with Gasteiger partial charge in [-0.05, 0) is 45.7 Å². The highest BCUT2D eigenvalue weighted by atomic mass is 35.5. The number of rotatable bonds is 6. The van der Waals surface area contributed by atoms with Crippen LogP contribution in [-0.2, 0) is 11.2 Å². The Hall–Kier alpha value is -0.360. The molecule has 2 heterocycles. The Labute approximate surface area is 143 Å². The summed E-state index contributed by atoms with van der Waals surface area (Å²) >= 11 is 1.68. The second-order valence-electron chi connectivity index (χ2n) is 5.26. The molecule has 1 atom stereocenters. The first kappa shape index (κ1) is 20.6. The summed E-state index contributed by atoms with van der Waals surface area (Å²) in [6, 6.07) is 0. The van der Waals surface area contributed by atoms with E-state index in [1.165, 1.54) is 0 Å². The number of likely N-dealkylation sites (tertiary alicyclic amines) is 1. The van der Waals surface area contributed by atoms with Crippen molar-refractivity contribution in [2.45, 2.75) is 32.6 Å². The number of amides is 1. The lowest BCUT2D eigenvalue weighted by atomic mass is 10.1. The zero-order valence-corrected chi connectivity index (χ0v) is 15.1. The Morgan fingerprint density at radius 3 is 2.90 bits per heavy atom. The second kappa shape index (κ2) is 10.4. The summed E-state index contributed by atoms with van der Waals surface area (Å²) in [6.45, 7) is 4.89. The number of aryl methyl sites for hydroxylation is 2. The molecular weight excluding hydrogens is 329 g/mol. The normalized spacial score (nSPS) is 17.2. The van der Waals surface area contributed by atoms with E-state index >= 15 is 0 Å². The van der Waals surface area contributed by atoms with Crippen molar-refractivity contribution in [3.05, 3.63) is 16.1 Å². The maximum atomic E-state index is 12.1. The molecule has 0 spiro atoms. The molecule has 1 aromatic heterocycles. The predicted molar refractivity (Wildman–Crippen MR) is 92.9 cm³/mol. The Morgan fingerprint density at radius 1 is 1.52 bits per heavy atom. The molecule has 1 aromatic rings. The minimum absolute atomic E-state index is 0. The van der Waals surface area contributed by atoms with E-state index < -0.39 is 0 Å². The molecule has 1 saturated heterocycles. The van der Waals surface area contributed by atoms with Gasteiger partial charge in [0, 0.05) is 24.9 Å². The molecule has 2 rings (SSSR count). The van der Waals surface area contributed by atoms with E-state index in [1.807, 2.05) is 18.9 Å². The van der Waals surface area contributed by atoms with Crippen LogP contribution in [0.4, 0.5) is 0 Å². The minimum Gasteiger partial charge on any atom is -0.342 e. The Balaban J connectivity index is 0.00000200. The van der Waals surface area contributed by atoms with Gasteiger partial charge >= 0.3 is 0 Å². The van der Waals surface area contributed by atoms with Crippen LogP contribution in [0.2, 0.25) is 0 Å². The van der Waals surface area contributed by atoms with E-state index in [0.29, 0.717) is 18.2 Å². The van der Waals surface area contributed by atoms with Crippen molar-refractivity contribution in [1.82, 2.24) is 15.2 Å². The topological polar surface area (TPSA) is 45.2 Å². The van der Waals surface area contributed by atoms with Crippen molar-refractivity contribution in [3.8, 4) is 0 Å². The molecule has 1 aliphatic heterocycles.